The van der Waals surface area contributed by atoms with Gasteiger partial charge in [0.25, 0.3) is 5.91 Å². The maximum Gasteiger partial charge on any atom is 0.265 e. The largest absolute Gasteiger partial charge is 0.485 e. The first-order valence-corrected chi connectivity index (χ1v) is 9.55. The van der Waals surface area contributed by atoms with Crippen molar-refractivity contribution in [3.05, 3.63) is 54.1 Å². The van der Waals surface area contributed by atoms with Gasteiger partial charge in [-0.25, -0.2) is 0 Å². The molecule has 0 saturated carbocycles. The highest BCUT2D eigenvalue weighted by Crippen LogP contribution is 2.33. The van der Waals surface area contributed by atoms with E-state index in [1.54, 1.807) is 30.3 Å². The van der Waals surface area contributed by atoms with Crippen LogP contribution in [0, 0.1) is 0 Å². The zero-order chi connectivity index (χ0) is 20.8. The molecule has 7 nitrogen and oxygen atoms in total. The van der Waals surface area contributed by atoms with E-state index in [4.69, 9.17) is 9.47 Å². The van der Waals surface area contributed by atoms with E-state index in [9.17, 15) is 14.4 Å². The van der Waals surface area contributed by atoms with Crippen LogP contribution in [0.4, 0.5) is 5.69 Å². The molecule has 1 heterocycles. The Balaban J connectivity index is 1.74. The van der Waals surface area contributed by atoms with Crippen LogP contribution in [0.2, 0.25) is 0 Å². The molecule has 1 N–H and O–H groups in total. The molecule has 1 atom stereocenters. The lowest BCUT2D eigenvalue weighted by atomic mass is 10.1. The Morgan fingerprint density at radius 2 is 1.97 bits per heavy atom. The van der Waals surface area contributed by atoms with Crippen molar-refractivity contribution in [2.24, 2.45) is 0 Å². The third-order valence-electron chi connectivity index (χ3n) is 4.66. The number of hydrogen-bond acceptors (Lipinski definition) is 5. The topological polar surface area (TPSA) is 84.9 Å². The van der Waals surface area contributed by atoms with Crippen molar-refractivity contribution in [3.63, 3.8) is 0 Å². The van der Waals surface area contributed by atoms with Gasteiger partial charge in [-0.1, -0.05) is 25.1 Å². The van der Waals surface area contributed by atoms with Gasteiger partial charge in [0.1, 0.15) is 18.0 Å². The maximum atomic E-state index is 12.5. The van der Waals surface area contributed by atoms with Gasteiger partial charge >= 0.3 is 0 Å². The zero-order valence-electron chi connectivity index (χ0n) is 16.5. The Labute approximate surface area is 169 Å². The van der Waals surface area contributed by atoms with Gasteiger partial charge in [0.15, 0.2) is 19.0 Å². The minimum Gasteiger partial charge on any atom is -0.485 e. The van der Waals surface area contributed by atoms with Gasteiger partial charge in [-0.15, -0.1) is 0 Å². The number of carbonyl (C=O) groups is 3. The number of para-hydroxylation sites is 1. The molecule has 0 spiro atoms. The van der Waals surface area contributed by atoms with E-state index in [1.165, 1.54) is 4.90 Å². The Hall–Kier alpha value is -3.35. The highest BCUT2D eigenvalue weighted by Gasteiger charge is 2.28. The van der Waals surface area contributed by atoms with Crippen LogP contribution in [-0.4, -0.2) is 43.4 Å². The Morgan fingerprint density at radius 3 is 2.69 bits per heavy atom. The van der Waals surface area contributed by atoms with Crippen LogP contribution in [0.5, 0.6) is 11.5 Å². The molecule has 2 aromatic carbocycles. The van der Waals surface area contributed by atoms with E-state index in [0.29, 0.717) is 22.7 Å². The Kier molecular flexibility index (Phi) is 6.49. The third kappa shape index (κ3) is 5.13. The lowest BCUT2D eigenvalue weighted by Gasteiger charge is -2.29. The molecule has 0 aliphatic carbocycles. The van der Waals surface area contributed by atoms with Crippen molar-refractivity contribution in [3.8, 4) is 11.5 Å². The minimum absolute atomic E-state index is 0.0150. The molecule has 1 aliphatic heterocycles. The monoisotopic (exact) mass is 396 g/mol. The van der Waals surface area contributed by atoms with Crippen molar-refractivity contribution in [1.82, 2.24) is 5.32 Å². The van der Waals surface area contributed by atoms with Gasteiger partial charge in [-0.05, 0) is 43.7 Å². The molecule has 3 rings (SSSR count). The van der Waals surface area contributed by atoms with Crippen LogP contribution in [0.3, 0.4) is 0 Å². The standard InChI is InChI=1S/C22H24N2O5/c1-3-15(2)23-21(26)12-24-18-11-16(9-10-20(18)29-14-22(24)27)19(25)13-28-17-7-5-4-6-8-17/h4-11,15H,3,12-14H2,1-2H3,(H,23,26). The quantitative estimate of drug-likeness (QED) is 0.694. The number of ether oxygens (including phenoxy) is 2. The Bertz CT molecular complexity index is 897. The van der Waals surface area contributed by atoms with E-state index >= 15 is 0 Å². The average Bonchev–Trinajstić information content (AvgIpc) is 2.74. The highest BCUT2D eigenvalue weighted by atomic mass is 16.5. The first kappa shape index (κ1) is 20.4. The predicted octanol–water partition coefficient (Wildman–Crippen LogP) is 2.59. The van der Waals surface area contributed by atoms with Gasteiger partial charge in [-0.2, -0.15) is 0 Å². The molecule has 2 amide bonds. The predicted molar refractivity (Wildman–Crippen MR) is 108 cm³/mol. The van der Waals surface area contributed by atoms with Gasteiger partial charge in [0, 0.05) is 11.6 Å². The summed E-state index contributed by atoms with van der Waals surface area (Å²) in [5.41, 5.74) is 0.788. The van der Waals surface area contributed by atoms with Crippen LogP contribution in [0.25, 0.3) is 0 Å². The second kappa shape index (κ2) is 9.23. The molecule has 0 fully saturated rings. The average molecular weight is 396 g/mol. The van der Waals surface area contributed by atoms with Gasteiger partial charge in [0.05, 0.1) is 5.69 Å². The van der Waals surface area contributed by atoms with E-state index < -0.39 is 0 Å². The number of ketones is 1. The number of benzene rings is 2. The molecule has 2 aromatic rings. The molecule has 1 unspecified atom stereocenters. The Morgan fingerprint density at radius 1 is 1.21 bits per heavy atom. The summed E-state index contributed by atoms with van der Waals surface area (Å²) in [5, 5.41) is 2.84. The van der Waals surface area contributed by atoms with E-state index in [-0.39, 0.29) is 43.4 Å². The number of carbonyl (C=O) groups excluding carboxylic acids is 3. The molecule has 0 radical (unpaired) electrons. The SMILES string of the molecule is CCC(C)NC(=O)CN1C(=O)COc2ccc(C(=O)COc3ccccc3)cc21. The molecule has 1 aliphatic rings. The number of Topliss-reactive ketones (excluding diaryl/α,β-unsaturated/α-hetero) is 1. The van der Waals surface area contributed by atoms with E-state index in [2.05, 4.69) is 5.32 Å². The van der Waals surface area contributed by atoms with Crippen LogP contribution < -0.4 is 19.7 Å². The van der Waals surface area contributed by atoms with Crippen molar-refractivity contribution in [1.29, 1.82) is 0 Å². The molecule has 7 heteroatoms. The maximum absolute atomic E-state index is 12.5. The first-order chi connectivity index (χ1) is 14.0. The smallest absolute Gasteiger partial charge is 0.265 e. The summed E-state index contributed by atoms with van der Waals surface area (Å²) in [6, 6.07) is 13.9. The fourth-order valence-electron chi connectivity index (χ4n) is 2.86. The third-order valence-corrected chi connectivity index (χ3v) is 4.66. The minimum atomic E-state index is -0.332. The summed E-state index contributed by atoms with van der Waals surface area (Å²) in [7, 11) is 0. The highest BCUT2D eigenvalue weighted by molar-refractivity contribution is 6.04. The molecule has 152 valence electrons. The van der Waals surface area contributed by atoms with Crippen LogP contribution in [0.1, 0.15) is 30.6 Å². The van der Waals surface area contributed by atoms with Crippen LogP contribution >= 0.6 is 0 Å². The second-order valence-electron chi connectivity index (χ2n) is 6.85. The van der Waals surface area contributed by atoms with Crippen LogP contribution in [0.15, 0.2) is 48.5 Å². The summed E-state index contributed by atoms with van der Waals surface area (Å²) in [4.78, 5) is 38.5. The molecular formula is C22H24N2O5. The zero-order valence-corrected chi connectivity index (χ0v) is 16.5. The lowest BCUT2D eigenvalue weighted by molar-refractivity contribution is -0.125. The van der Waals surface area contributed by atoms with E-state index in [1.807, 2.05) is 32.0 Å². The number of anilines is 1. The number of hydrogen-bond donors (Lipinski definition) is 1. The van der Waals surface area contributed by atoms with E-state index in [0.717, 1.165) is 6.42 Å². The lowest BCUT2D eigenvalue weighted by Crippen LogP contribution is -2.46. The summed E-state index contributed by atoms with van der Waals surface area (Å²) >= 11 is 0. The first-order valence-electron chi connectivity index (χ1n) is 9.55. The summed E-state index contributed by atoms with van der Waals surface area (Å²) in [6.45, 7) is 3.46. The fourth-order valence-corrected chi connectivity index (χ4v) is 2.86. The van der Waals surface area contributed by atoms with Crippen LogP contribution in [-0.2, 0) is 9.59 Å². The van der Waals surface area contributed by atoms with Crippen molar-refractivity contribution in [2.45, 2.75) is 26.3 Å². The van der Waals surface area contributed by atoms with Gasteiger partial charge in [-0.3, -0.25) is 19.3 Å². The second-order valence-corrected chi connectivity index (χ2v) is 6.85. The summed E-state index contributed by atoms with van der Waals surface area (Å²) in [6.07, 6.45) is 0.791. The number of fused-ring (bicyclic) bond motifs is 1. The normalized spacial score (nSPS) is 13.9. The molecule has 29 heavy (non-hydrogen) atoms. The molecule has 0 aromatic heterocycles. The van der Waals surface area contributed by atoms with Crippen molar-refractivity contribution >= 4 is 23.3 Å². The fraction of sp³-hybridized carbons (Fsp3) is 0.318. The summed E-state index contributed by atoms with van der Waals surface area (Å²) < 4.78 is 11.0. The molecular weight excluding hydrogens is 372 g/mol. The number of rotatable bonds is 8. The van der Waals surface area contributed by atoms with Gasteiger partial charge < -0.3 is 14.8 Å². The number of nitrogens with one attached hydrogen (secondary N) is 1. The molecule has 0 saturated heterocycles. The van der Waals surface area contributed by atoms with Crippen molar-refractivity contribution < 1.29 is 23.9 Å². The van der Waals surface area contributed by atoms with Gasteiger partial charge in [0.2, 0.25) is 5.91 Å². The van der Waals surface area contributed by atoms with Crippen molar-refractivity contribution in [2.75, 3.05) is 24.7 Å². The number of amides is 2. The molecule has 0 bridgehead atoms. The number of nitrogens with zero attached hydrogens (tertiary/aromatic N) is 1. The summed E-state index contributed by atoms with van der Waals surface area (Å²) in [5.74, 6) is 0.229.